The van der Waals surface area contributed by atoms with Crippen molar-refractivity contribution in [3.63, 3.8) is 0 Å². The molecule has 0 amide bonds. The lowest BCUT2D eigenvalue weighted by molar-refractivity contribution is 0.0512. The van der Waals surface area contributed by atoms with Gasteiger partial charge in [0, 0.05) is 30.4 Å². The number of hydrogen-bond donors (Lipinski definition) is 0. The maximum atomic E-state index is 12.4. The maximum Gasteiger partial charge on any atom is 0.344 e. The van der Waals surface area contributed by atoms with Crippen LogP contribution < -0.4 is 5.56 Å². The topological polar surface area (TPSA) is 51.5 Å². The quantitative estimate of drug-likeness (QED) is 0.593. The highest BCUT2D eigenvalue weighted by atomic mass is 35.5. The van der Waals surface area contributed by atoms with Crippen molar-refractivity contribution in [2.75, 3.05) is 13.1 Å². The summed E-state index contributed by atoms with van der Waals surface area (Å²) in [6, 6.07) is 11.3. The van der Waals surface area contributed by atoms with Crippen molar-refractivity contribution in [2.24, 2.45) is 0 Å². The molecule has 1 aromatic heterocycles. The molecule has 2 aromatic rings. The molecule has 0 saturated heterocycles. The lowest BCUT2D eigenvalue weighted by Gasteiger charge is -2.23. The van der Waals surface area contributed by atoms with Crippen LogP contribution in [0.1, 0.15) is 24.2 Å². The van der Waals surface area contributed by atoms with Crippen LogP contribution in [0.3, 0.4) is 0 Å². The molecule has 0 unspecified atom stereocenters. The fourth-order valence-electron chi connectivity index (χ4n) is 2.11. The average Bonchev–Trinajstić information content (AvgIpc) is 2.58. The van der Waals surface area contributed by atoms with Gasteiger partial charge in [0.2, 0.25) is 5.88 Å². The lowest BCUT2D eigenvalue weighted by Crippen LogP contribution is -2.27. The number of carbonyl (C=O) groups is 1. The van der Waals surface area contributed by atoms with Gasteiger partial charge in [-0.25, -0.2) is 4.79 Å². The molecule has 0 fully saturated rings. The lowest BCUT2D eigenvalue weighted by atomic mass is 10.2. The smallest absolute Gasteiger partial charge is 0.344 e. The number of pyridine rings is 1. The molecule has 0 N–H and O–H groups in total. The number of benzene rings is 1. The van der Waals surface area contributed by atoms with E-state index in [0.29, 0.717) is 29.6 Å². The summed E-state index contributed by atoms with van der Waals surface area (Å²) < 4.78 is 6.90. The Morgan fingerprint density at radius 3 is 2.42 bits per heavy atom. The summed E-state index contributed by atoms with van der Waals surface area (Å²) in [6.45, 7) is 5.16. The standard InChI is InChI=1S/C18H19ClN2O3/c1-3-20(4-2)17(13-21-12-6-5-7-16(21)22)24-18(23)14-8-10-15(19)11-9-14/h5-13H,3-4H2,1-2H3/b17-13-. The first-order chi connectivity index (χ1) is 11.5. The van der Waals surface area contributed by atoms with E-state index in [4.69, 9.17) is 16.3 Å². The van der Waals surface area contributed by atoms with Gasteiger partial charge >= 0.3 is 5.97 Å². The minimum absolute atomic E-state index is 0.204. The van der Waals surface area contributed by atoms with E-state index in [9.17, 15) is 9.59 Å². The van der Waals surface area contributed by atoms with E-state index in [-0.39, 0.29) is 5.56 Å². The molecular formula is C18H19ClN2O3. The highest BCUT2D eigenvalue weighted by Gasteiger charge is 2.15. The first-order valence-corrected chi connectivity index (χ1v) is 8.04. The molecule has 6 heteroatoms. The third-order valence-corrected chi connectivity index (χ3v) is 3.70. The van der Waals surface area contributed by atoms with Crippen LogP contribution in [0.15, 0.2) is 59.3 Å². The molecule has 0 spiro atoms. The average molecular weight is 347 g/mol. The van der Waals surface area contributed by atoms with Crippen molar-refractivity contribution in [1.29, 1.82) is 0 Å². The predicted molar refractivity (Wildman–Crippen MR) is 94.8 cm³/mol. The zero-order valence-corrected chi connectivity index (χ0v) is 14.4. The third kappa shape index (κ3) is 4.49. The molecule has 0 atom stereocenters. The second kappa shape index (κ2) is 8.36. The Morgan fingerprint density at radius 1 is 1.17 bits per heavy atom. The monoisotopic (exact) mass is 346 g/mol. The molecular weight excluding hydrogens is 328 g/mol. The van der Waals surface area contributed by atoms with E-state index in [2.05, 4.69) is 0 Å². The van der Waals surface area contributed by atoms with E-state index >= 15 is 0 Å². The van der Waals surface area contributed by atoms with Gasteiger partial charge in [-0.05, 0) is 44.2 Å². The molecule has 24 heavy (non-hydrogen) atoms. The van der Waals surface area contributed by atoms with Gasteiger partial charge in [0.25, 0.3) is 5.56 Å². The minimum Gasteiger partial charge on any atom is -0.404 e. The Balaban J connectivity index is 2.33. The number of aromatic nitrogens is 1. The van der Waals surface area contributed by atoms with E-state index in [1.807, 2.05) is 18.7 Å². The van der Waals surface area contributed by atoms with Crippen LogP contribution in [-0.4, -0.2) is 28.5 Å². The molecule has 1 heterocycles. The van der Waals surface area contributed by atoms with Gasteiger partial charge < -0.3 is 9.64 Å². The van der Waals surface area contributed by atoms with E-state index in [0.717, 1.165) is 0 Å². The maximum absolute atomic E-state index is 12.4. The van der Waals surface area contributed by atoms with E-state index in [1.54, 1.807) is 42.6 Å². The molecule has 5 nitrogen and oxygen atoms in total. The summed E-state index contributed by atoms with van der Waals surface area (Å²) in [5.41, 5.74) is 0.183. The Bertz CT molecular complexity index is 777. The van der Waals surface area contributed by atoms with E-state index < -0.39 is 5.97 Å². The largest absolute Gasteiger partial charge is 0.404 e. The summed E-state index contributed by atoms with van der Waals surface area (Å²) >= 11 is 5.83. The second-order valence-corrected chi connectivity index (χ2v) is 5.42. The highest BCUT2D eigenvalue weighted by Crippen LogP contribution is 2.14. The van der Waals surface area contributed by atoms with Crippen molar-refractivity contribution in [2.45, 2.75) is 13.8 Å². The van der Waals surface area contributed by atoms with E-state index in [1.165, 1.54) is 16.8 Å². The molecule has 0 aliphatic heterocycles. The second-order valence-electron chi connectivity index (χ2n) is 4.98. The zero-order valence-electron chi connectivity index (χ0n) is 13.6. The Morgan fingerprint density at radius 2 is 1.83 bits per heavy atom. The van der Waals surface area contributed by atoms with Crippen molar-refractivity contribution < 1.29 is 9.53 Å². The summed E-state index contributed by atoms with van der Waals surface area (Å²) in [6.07, 6.45) is 3.13. The Hall–Kier alpha value is -2.53. The minimum atomic E-state index is -0.506. The highest BCUT2D eigenvalue weighted by molar-refractivity contribution is 6.30. The van der Waals surface area contributed by atoms with Gasteiger partial charge in [-0.3, -0.25) is 9.36 Å². The molecule has 0 aliphatic rings. The number of hydrogen-bond acceptors (Lipinski definition) is 4. The van der Waals surface area contributed by atoms with Crippen LogP contribution in [-0.2, 0) is 4.74 Å². The van der Waals surface area contributed by atoms with Gasteiger partial charge in [0.05, 0.1) is 11.8 Å². The Kier molecular flexibility index (Phi) is 6.21. The molecule has 0 aliphatic carbocycles. The molecule has 1 aromatic carbocycles. The number of nitrogens with zero attached hydrogens (tertiary/aromatic N) is 2. The summed E-state index contributed by atoms with van der Waals surface area (Å²) in [4.78, 5) is 26.1. The van der Waals surface area contributed by atoms with Crippen LogP contribution in [0, 0.1) is 0 Å². The molecule has 0 bridgehead atoms. The number of halogens is 1. The summed E-state index contributed by atoms with van der Waals surface area (Å²) in [7, 11) is 0. The van der Waals surface area contributed by atoms with Crippen LogP contribution >= 0.6 is 11.6 Å². The number of esters is 1. The molecule has 0 saturated carbocycles. The fraction of sp³-hybridized carbons (Fsp3) is 0.222. The summed E-state index contributed by atoms with van der Waals surface area (Å²) in [5.74, 6) is -0.193. The van der Waals surface area contributed by atoms with Crippen LogP contribution in [0.5, 0.6) is 0 Å². The van der Waals surface area contributed by atoms with Crippen LogP contribution in [0.25, 0.3) is 6.20 Å². The SMILES string of the molecule is CCN(CC)/C(=C/n1ccccc1=O)OC(=O)c1ccc(Cl)cc1. The summed E-state index contributed by atoms with van der Waals surface area (Å²) in [5, 5.41) is 0.543. The first-order valence-electron chi connectivity index (χ1n) is 7.66. The third-order valence-electron chi connectivity index (χ3n) is 3.45. The molecule has 2 rings (SSSR count). The number of ether oxygens (including phenoxy) is 1. The van der Waals surface area contributed by atoms with Gasteiger partial charge in [-0.2, -0.15) is 0 Å². The van der Waals surface area contributed by atoms with Crippen LogP contribution in [0.4, 0.5) is 0 Å². The predicted octanol–water partition coefficient (Wildman–Crippen LogP) is 3.46. The first kappa shape index (κ1) is 17.8. The van der Waals surface area contributed by atoms with Gasteiger partial charge in [0.15, 0.2) is 0 Å². The zero-order chi connectivity index (χ0) is 17.5. The Labute approximate surface area is 145 Å². The van der Waals surface area contributed by atoms with Gasteiger partial charge in [0.1, 0.15) is 0 Å². The van der Waals surface area contributed by atoms with Crippen molar-refractivity contribution in [1.82, 2.24) is 9.47 Å². The molecule has 126 valence electrons. The molecule has 0 radical (unpaired) electrons. The van der Waals surface area contributed by atoms with Crippen molar-refractivity contribution in [3.05, 3.63) is 75.5 Å². The van der Waals surface area contributed by atoms with Gasteiger partial charge in [-0.15, -0.1) is 0 Å². The fourth-order valence-corrected chi connectivity index (χ4v) is 2.24. The number of rotatable bonds is 6. The van der Waals surface area contributed by atoms with Crippen molar-refractivity contribution >= 4 is 23.8 Å². The van der Waals surface area contributed by atoms with Gasteiger partial charge in [-0.1, -0.05) is 17.7 Å². The van der Waals surface area contributed by atoms with Crippen LogP contribution in [0.2, 0.25) is 5.02 Å². The van der Waals surface area contributed by atoms with Crippen molar-refractivity contribution in [3.8, 4) is 0 Å². The number of carbonyl (C=O) groups excluding carboxylic acids is 1. The normalized spacial score (nSPS) is 11.2.